The number of anilines is 1. The highest BCUT2D eigenvalue weighted by molar-refractivity contribution is 7.92. The molecule has 0 radical (unpaired) electrons. The van der Waals surface area contributed by atoms with E-state index in [-0.39, 0.29) is 22.6 Å². The molecule has 7 N–H and O–H groups in total. The lowest BCUT2D eigenvalue weighted by atomic mass is 10.3. The van der Waals surface area contributed by atoms with Gasteiger partial charge in [0.05, 0.1) is 10.6 Å². The van der Waals surface area contributed by atoms with Crippen LogP contribution >= 0.6 is 0 Å². The van der Waals surface area contributed by atoms with Gasteiger partial charge >= 0.3 is 0 Å². The van der Waals surface area contributed by atoms with Crippen LogP contribution in [0.1, 0.15) is 11.5 Å². The molecule has 2 rings (SSSR count). The first kappa shape index (κ1) is 18.1. The summed E-state index contributed by atoms with van der Waals surface area (Å²) in [6, 6.07) is 7.25. The van der Waals surface area contributed by atoms with Crippen LogP contribution in [0, 0.1) is 13.8 Å². The molecule has 1 aromatic carbocycles. The van der Waals surface area contributed by atoms with Crippen molar-refractivity contribution in [3.63, 3.8) is 0 Å². The summed E-state index contributed by atoms with van der Waals surface area (Å²) >= 11 is 0. The predicted molar refractivity (Wildman–Crippen MR) is 95.8 cm³/mol. The van der Waals surface area contributed by atoms with Crippen molar-refractivity contribution >= 4 is 33.4 Å². The van der Waals surface area contributed by atoms with Gasteiger partial charge in [0.1, 0.15) is 11.6 Å². The molecule has 0 bridgehead atoms. The molecule has 0 aliphatic heterocycles. The quantitative estimate of drug-likeness (QED) is 0.441. The zero-order valence-corrected chi connectivity index (χ0v) is 14.4. The SMILES string of the molecule is Cc1cc(NS(=O)(=O)c2ccc(N=C(N)N=C(N)N)cc2)nc(C)n1. The molecular weight excluding hydrogens is 344 g/mol. The molecule has 0 aliphatic rings. The average Bonchev–Trinajstić information content (AvgIpc) is 2.45. The Morgan fingerprint density at radius 3 is 2.28 bits per heavy atom. The number of nitrogens with two attached hydrogens (primary N) is 3. The number of aliphatic imine (C=N–C) groups is 2. The maximum absolute atomic E-state index is 12.4. The molecule has 0 amide bonds. The number of hydrogen-bond donors (Lipinski definition) is 4. The van der Waals surface area contributed by atoms with Crippen molar-refractivity contribution in [2.24, 2.45) is 27.2 Å². The lowest BCUT2D eigenvalue weighted by Gasteiger charge is -2.08. The van der Waals surface area contributed by atoms with Crippen LogP contribution in [0.15, 0.2) is 45.2 Å². The van der Waals surface area contributed by atoms with Crippen LogP contribution in [0.3, 0.4) is 0 Å². The topological polar surface area (TPSA) is 175 Å². The van der Waals surface area contributed by atoms with Gasteiger partial charge in [0.25, 0.3) is 10.0 Å². The van der Waals surface area contributed by atoms with E-state index in [1.54, 1.807) is 19.9 Å². The normalized spacial score (nSPS) is 11.8. The Bertz CT molecular complexity index is 912. The number of nitrogens with one attached hydrogen (secondary N) is 1. The van der Waals surface area contributed by atoms with Crippen LogP contribution in [0.25, 0.3) is 0 Å². The van der Waals surface area contributed by atoms with E-state index >= 15 is 0 Å². The van der Waals surface area contributed by atoms with Gasteiger partial charge in [-0.3, -0.25) is 4.72 Å². The maximum atomic E-state index is 12.4. The van der Waals surface area contributed by atoms with Crippen molar-refractivity contribution < 1.29 is 8.42 Å². The minimum Gasteiger partial charge on any atom is -0.370 e. The van der Waals surface area contributed by atoms with Crippen LogP contribution in [0.2, 0.25) is 0 Å². The Kier molecular flexibility index (Phi) is 5.17. The average molecular weight is 362 g/mol. The van der Waals surface area contributed by atoms with Gasteiger partial charge in [-0.15, -0.1) is 0 Å². The molecule has 10 nitrogen and oxygen atoms in total. The van der Waals surface area contributed by atoms with Gasteiger partial charge in [-0.05, 0) is 38.1 Å². The second kappa shape index (κ2) is 7.13. The number of benzene rings is 1. The maximum Gasteiger partial charge on any atom is 0.263 e. The number of guanidine groups is 2. The van der Waals surface area contributed by atoms with Gasteiger partial charge in [0.15, 0.2) is 5.96 Å². The zero-order valence-electron chi connectivity index (χ0n) is 13.6. The number of rotatable bonds is 4. The Hall–Kier alpha value is -3.21. The Balaban J connectivity index is 2.24. The van der Waals surface area contributed by atoms with Gasteiger partial charge in [0.2, 0.25) is 5.96 Å². The zero-order chi connectivity index (χ0) is 18.6. The Morgan fingerprint density at radius 1 is 1.08 bits per heavy atom. The van der Waals surface area contributed by atoms with Crippen LogP contribution in [-0.4, -0.2) is 30.3 Å². The van der Waals surface area contributed by atoms with Gasteiger partial charge in [-0.2, -0.15) is 4.99 Å². The van der Waals surface area contributed by atoms with Crippen LogP contribution in [-0.2, 0) is 10.0 Å². The monoisotopic (exact) mass is 362 g/mol. The van der Waals surface area contributed by atoms with Gasteiger partial charge in [-0.1, -0.05) is 0 Å². The third kappa shape index (κ3) is 5.14. The van der Waals surface area contributed by atoms with E-state index < -0.39 is 10.0 Å². The molecule has 0 spiro atoms. The molecule has 0 saturated heterocycles. The largest absolute Gasteiger partial charge is 0.370 e. The molecule has 1 aromatic heterocycles. The molecule has 1 heterocycles. The second-order valence-electron chi connectivity index (χ2n) is 5.05. The highest BCUT2D eigenvalue weighted by Crippen LogP contribution is 2.19. The molecule has 0 fully saturated rings. The molecule has 132 valence electrons. The van der Waals surface area contributed by atoms with E-state index in [0.29, 0.717) is 17.2 Å². The molecular formula is C14H18N8O2S. The number of aromatic nitrogens is 2. The minimum atomic E-state index is -3.80. The first-order valence-corrected chi connectivity index (χ1v) is 8.53. The molecule has 2 aromatic rings. The second-order valence-corrected chi connectivity index (χ2v) is 6.73. The van der Waals surface area contributed by atoms with E-state index in [9.17, 15) is 8.42 Å². The van der Waals surface area contributed by atoms with Crippen LogP contribution < -0.4 is 21.9 Å². The molecule has 25 heavy (non-hydrogen) atoms. The summed E-state index contributed by atoms with van der Waals surface area (Å²) in [6.45, 7) is 3.43. The van der Waals surface area contributed by atoms with E-state index in [4.69, 9.17) is 17.2 Å². The molecule has 11 heteroatoms. The first-order valence-electron chi connectivity index (χ1n) is 7.05. The fraction of sp³-hybridized carbons (Fsp3) is 0.143. The molecule has 0 atom stereocenters. The highest BCUT2D eigenvalue weighted by Gasteiger charge is 2.15. The number of aryl methyl sites for hydroxylation is 2. The number of nitrogens with zero attached hydrogens (tertiary/aromatic N) is 4. The summed E-state index contributed by atoms with van der Waals surface area (Å²) in [6.07, 6.45) is 0. The van der Waals surface area contributed by atoms with Gasteiger partial charge in [0, 0.05) is 11.8 Å². The standard InChI is InChI=1S/C14H18N8O2S/c1-8-7-12(19-9(2)18-8)22-25(23,24)11-5-3-10(4-6-11)20-14(17)21-13(15)16/h3-7H,1-2H3,(H,18,19,22)(H6,15,16,17,20,21). The van der Waals surface area contributed by atoms with Crippen molar-refractivity contribution in [2.45, 2.75) is 18.7 Å². The fourth-order valence-electron chi connectivity index (χ4n) is 1.96. The summed E-state index contributed by atoms with van der Waals surface area (Å²) in [5, 5.41) is 0. The van der Waals surface area contributed by atoms with Crippen molar-refractivity contribution in [3.05, 3.63) is 41.9 Å². The van der Waals surface area contributed by atoms with E-state index in [1.165, 1.54) is 24.3 Å². The van der Waals surface area contributed by atoms with Crippen molar-refractivity contribution in [3.8, 4) is 0 Å². The highest BCUT2D eigenvalue weighted by atomic mass is 32.2. The van der Waals surface area contributed by atoms with E-state index in [0.717, 1.165) is 0 Å². The van der Waals surface area contributed by atoms with Crippen molar-refractivity contribution in [2.75, 3.05) is 4.72 Å². The molecule has 0 aliphatic carbocycles. The van der Waals surface area contributed by atoms with Gasteiger partial charge in [-0.25, -0.2) is 23.4 Å². The summed E-state index contributed by atoms with van der Waals surface area (Å²) in [7, 11) is -3.80. The smallest absolute Gasteiger partial charge is 0.263 e. The predicted octanol–water partition coefficient (Wildman–Crippen LogP) is 0.114. The molecule has 0 unspecified atom stereocenters. The lowest BCUT2D eigenvalue weighted by Crippen LogP contribution is -2.26. The first-order chi connectivity index (χ1) is 11.7. The van der Waals surface area contributed by atoms with Crippen LogP contribution in [0.5, 0.6) is 0 Å². The van der Waals surface area contributed by atoms with Crippen molar-refractivity contribution in [1.82, 2.24) is 9.97 Å². The Morgan fingerprint density at radius 2 is 1.72 bits per heavy atom. The summed E-state index contributed by atoms with van der Waals surface area (Å²) in [4.78, 5) is 15.7. The van der Waals surface area contributed by atoms with Crippen LogP contribution in [0.4, 0.5) is 11.5 Å². The van der Waals surface area contributed by atoms with Gasteiger partial charge < -0.3 is 17.2 Å². The summed E-state index contributed by atoms with van der Waals surface area (Å²) in [5.74, 6) is 0.308. The fourth-order valence-corrected chi connectivity index (χ4v) is 2.95. The summed E-state index contributed by atoms with van der Waals surface area (Å²) < 4.78 is 27.2. The molecule has 0 saturated carbocycles. The number of sulfonamides is 1. The van der Waals surface area contributed by atoms with Crippen molar-refractivity contribution in [1.29, 1.82) is 0 Å². The Labute approximate surface area is 145 Å². The third-order valence-corrected chi connectivity index (χ3v) is 4.21. The number of hydrogen-bond acceptors (Lipinski definition) is 5. The third-order valence-electron chi connectivity index (χ3n) is 2.84. The summed E-state index contributed by atoms with van der Waals surface area (Å²) in [5.41, 5.74) is 17.0. The van der Waals surface area contributed by atoms with E-state index in [1.807, 2.05) is 0 Å². The lowest BCUT2D eigenvalue weighted by molar-refractivity contribution is 0.601. The minimum absolute atomic E-state index is 0.0424. The van der Waals surface area contributed by atoms with E-state index in [2.05, 4.69) is 24.7 Å².